The maximum absolute atomic E-state index is 12.3. The molecule has 0 aliphatic carbocycles. The lowest BCUT2D eigenvalue weighted by molar-refractivity contribution is -0.132. The number of benzene rings is 1. The van der Waals surface area contributed by atoms with E-state index in [-0.39, 0.29) is 11.8 Å². The quantitative estimate of drug-likeness (QED) is 0.847. The molecular formula is C18H25NO5. The number of likely N-dealkylation sites (tertiary alicyclic amines) is 1. The molecule has 132 valence electrons. The van der Waals surface area contributed by atoms with Crippen molar-refractivity contribution in [2.24, 2.45) is 0 Å². The maximum atomic E-state index is 12.3. The molecule has 1 aromatic rings. The van der Waals surface area contributed by atoms with E-state index in [1.807, 2.05) is 18.2 Å². The summed E-state index contributed by atoms with van der Waals surface area (Å²) in [7, 11) is 3.17. The second-order valence-corrected chi connectivity index (χ2v) is 6.83. The molecule has 1 heterocycles. The first-order valence-electron chi connectivity index (χ1n) is 8.00. The molecule has 1 saturated heterocycles. The van der Waals surface area contributed by atoms with Crippen LogP contribution in [0.15, 0.2) is 18.2 Å². The van der Waals surface area contributed by atoms with Gasteiger partial charge in [-0.25, -0.2) is 9.69 Å². The Morgan fingerprint density at radius 2 is 1.83 bits per heavy atom. The van der Waals surface area contributed by atoms with Crippen LogP contribution in [-0.2, 0) is 9.53 Å². The third-order valence-corrected chi connectivity index (χ3v) is 3.90. The standard InChI is InChI=1S/C18H25NO5/c1-18(2,3)24-17(21)19-11-13(7-9-16(19)20)12-6-8-14(22-4)15(10-12)23-5/h6,8,10,13H,7,9,11H2,1-5H3/t13-/m1/s1. The Labute approximate surface area is 142 Å². The second kappa shape index (κ2) is 7.11. The summed E-state index contributed by atoms with van der Waals surface area (Å²) in [5.41, 5.74) is 0.377. The van der Waals surface area contributed by atoms with Crippen molar-refractivity contribution in [2.75, 3.05) is 20.8 Å². The smallest absolute Gasteiger partial charge is 0.417 e. The van der Waals surface area contributed by atoms with Gasteiger partial charge in [0.1, 0.15) is 5.60 Å². The Morgan fingerprint density at radius 1 is 1.17 bits per heavy atom. The van der Waals surface area contributed by atoms with Crippen molar-refractivity contribution in [3.8, 4) is 11.5 Å². The van der Waals surface area contributed by atoms with E-state index in [0.717, 1.165) is 5.56 Å². The predicted molar refractivity (Wildman–Crippen MR) is 89.5 cm³/mol. The van der Waals surface area contributed by atoms with Gasteiger partial charge in [0.2, 0.25) is 5.91 Å². The van der Waals surface area contributed by atoms with E-state index >= 15 is 0 Å². The first-order valence-corrected chi connectivity index (χ1v) is 8.00. The van der Waals surface area contributed by atoms with Gasteiger partial charge in [0.15, 0.2) is 11.5 Å². The molecule has 1 fully saturated rings. The summed E-state index contributed by atoms with van der Waals surface area (Å²) < 4.78 is 15.9. The highest BCUT2D eigenvalue weighted by Gasteiger charge is 2.34. The number of ether oxygens (including phenoxy) is 3. The number of methoxy groups -OCH3 is 2. The molecule has 1 aliphatic heterocycles. The number of carbonyl (C=O) groups excluding carboxylic acids is 2. The fourth-order valence-corrected chi connectivity index (χ4v) is 2.72. The summed E-state index contributed by atoms with van der Waals surface area (Å²) in [6.07, 6.45) is 0.420. The minimum atomic E-state index is -0.631. The normalized spacial score (nSPS) is 18.3. The van der Waals surface area contributed by atoms with Crippen LogP contribution in [0.1, 0.15) is 45.1 Å². The zero-order valence-corrected chi connectivity index (χ0v) is 14.9. The molecule has 0 aromatic heterocycles. The van der Waals surface area contributed by atoms with Crippen LogP contribution < -0.4 is 9.47 Å². The molecule has 1 atom stereocenters. The van der Waals surface area contributed by atoms with Crippen LogP contribution in [0.3, 0.4) is 0 Å². The van der Waals surface area contributed by atoms with E-state index in [4.69, 9.17) is 14.2 Å². The van der Waals surface area contributed by atoms with Crippen molar-refractivity contribution < 1.29 is 23.8 Å². The molecule has 0 N–H and O–H groups in total. The van der Waals surface area contributed by atoms with Gasteiger partial charge in [0, 0.05) is 18.9 Å². The molecule has 0 spiro atoms. The van der Waals surface area contributed by atoms with Gasteiger partial charge in [-0.15, -0.1) is 0 Å². The van der Waals surface area contributed by atoms with Crippen LogP contribution in [0, 0.1) is 0 Å². The van der Waals surface area contributed by atoms with Crippen LogP contribution in [0.5, 0.6) is 11.5 Å². The van der Waals surface area contributed by atoms with Crippen molar-refractivity contribution >= 4 is 12.0 Å². The Kier molecular flexibility index (Phi) is 5.36. The number of nitrogens with zero attached hydrogens (tertiary/aromatic N) is 1. The van der Waals surface area contributed by atoms with E-state index in [1.54, 1.807) is 35.0 Å². The van der Waals surface area contributed by atoms with E-state index < -0.39 is 11.7 Å². The van der Waals surface area contributed by atoms with Gasteiger partial charge in [-0.05, 0) is 44.9 Å². The minimum Gasteiger partial charge on any atom is -0.493 e. The van der Waals surface area contributed by atoms with E-state index in [2.05, 4.69) is 0 Å². The van der Waals surface area contributed by atoms with Gasteiger partial charge in [0.25, 0.3) is 0 Å². The minimum absolute atomic E-state index is 0.0509. The topological polar surface area (TPSA) is 65.1 Å². The summed E-state index contributed by atoms with van der Waals surface area (Å²) in [6.45, 7) is 5.66. The number of rotatable bonds is 3. The fraction of sp³-hybridized carbons (Fsp3) is 0.556. The number of imide groups is 1. The molecule has 0 bridgehead atoms. The molecule has 1 aliphatic rings. The largest absolute Gasteiger partial charge is 0.493 e. The van der Waals surface area contributed by atoms with Crippen LogP contribution >= 0.6 is 0 Å². The number of carbonyl (C=O) groups is 2. The Morgan fingerprint density at radius 3 is 2.42 bits per heavy atom. The van der Waals surface area contributed by atoms with Gasteiger partial charge >= 0.3 is 6.09 Å². The Bertz CT molecular complexity index is 620. The highest BCUT2D eigenvalue weighted by molar-refractivity contribution is 5.92. The van der Waals surface area contributed by atoms with Crippen LogP contribution in [0.25, 0.3) is 0 Å². The number of amides is 2. The van der Waals surface area contributed by atoms with Gasteiger partial charge in [-0.2, -0.15) is 0 Å². The molecule has 0 saturated carbocycles. The molecule has 0 unspecified atom stereocenters. The van der Waals surface area contributed by atoms with Crippen molar-refractivity contribution in [2.45, 2.75) is 45.1 Å². The molecule has 2 amide bonds. The number of hydrogen-bond donors (Lipinski definition) is 0. The highest BCUT2D eigenvalue weighted by Crippen LogP contribution is 2.34. The number of hydrogen-bond acceptors (Lipinski definition) is 5. The van der Waals surface area contributed by atoms with Crippen molar-refractivity contribution in [1.29, 1.82) is 0 Å². The Hall–Kier alpha value is -2.24. The summed E-state index contributed by atoms with van der Waals surface area (Å²) in [4.78, 5) is 25.6. The van der Waals surface area contributed by atoms with Crippen molar-refractivity contribution in [3.05, 3.63) is 23.8 Å². The lowest BCUT2D eigenvalue weighted by atomic mass is 9.90. The summed E-state index contributed by atoms with van der Waals surface area (Å²) in [5, 5.41) is 0. The van der Waals surface area contributed by atoms with Crippen LogP contribution in [0.2, 0.25) is 0 Å². The third-order valence-electron chi connectivity index (χ3n) is 3.90. The van der Waals surface area contributed by atoms with E-state index in [9.17, 15) is 9.59 Å². The molecular weight excluding hydrogens is 310 g/mol. The molecule has 6 nitrogen and oxygen atoms in total. The lowest BCUT2D eigenvalue weighted by Crippen LogP contribution is -2.45. The number of piperidine rings is 1. The monoisotopic (exact) mass is 335 g/mol. The summed E-state index contributed by atoms with van der Waals surface area (Å²) in [5.74, 6) is 1.14. The first kappa shape index (κ1) is 18.1. The van der Waals surface area contributed by atoms with Crippen molar-refractivity contribution in [1.82, 2.24) is 4.90 Å². The maximum Gasteiger partial charge on any atom is 0.417 e. The zero-order valence-electron chi connectivity index (χ0n) is 14.9. The van der Waals surface area contributed by atoms with Gasteiger partial charge in [-0.1, -0.05) is 6.07 Å². The van der Waals surface area contributed by atoms with Gasteiger partial charge in [-0.3, -0.25) is 4.79 Å². The van der Waals surface area contributed by atoms with Crippen LogP contribution in [0.4, 0.5) is 4.79 Å². The van der Waals surface area contributed by atoms with Crippen molar-refractivity contribution in [3.63, 3.8) is 0 Å². The fourth-order valence-electron chi connectivity index (χ4n) is 2.72. The average Bonchev–Trinajstić information content (AvgIpc) is 2.53. The van der Waals surface area contributed by atoms with E-state index in [0.29, 0.717) is 30.9 Å². The third kappa shape index (κ3) is 4.19. The zero-order chi connectivity index (χ0) is 17.9. The molecule has 24 heavy (non-hydrogen) atoms. The average molecular weight is 335 g/mol. The van der Waals surface area contributed by atoms with Gasteiger partial charge < -0.3 is 14.2 Å². The SMILES string of the molecule is COc1ccc([C@@H]2CCC(=O)N(C(=O)OC(C)(C)C)C2)cc1OC. The van der Waals surface area contributed by atoms with Crippen LogP contribution in [-0.4, -0.2) is 43.3 Å². The molecule has 2 rings (SSSR count). The summed E-state index contributed by atoms with van der Waals surface area (Å²) in [6, 6.07) is 5.67. The van der Waals surface area contributed by atoms with E-state index in [1.165, 1.54) is 4.90 Å². The second-order valence-electron chi connectivity index (χ2n) is 6.83. The predicted octanol–water partition coefficient (Wildman–Crippen LogP) is 3.34. The molecule has 1 aromatic carbocycles. The lowest BCUT2D eigenvalue weighted by Gasteiger charge is -2.33. The Balaban J connectivity index is 2.18. The molecule has 6 heteroatoms. The highest BCUT2D eigenvalue weighted by atomic mass is 16.6. The first-order chi connectivity index (χ1) is 11.2. The van der Waals surface area contributed by atoms with Gasteiger partial charge in [0.05, 0.1) is 14.2 Å². The molecule has 0 radical (unpaired) electrons. The summed E-state index contributed by atoms with van der Waals surface area (Å²) >= 11 is 0.